The molecule has 1 aliphatic rings. The number of hydrogen-bond acceptors (Lipinski definition) is 5. The van der Waals surface area contributed by atoms with Gasteiger partial charge in [0.15, 0.2) is 11.7 Å². The van der Waals surface area contributed by atoms with Gasteiger partial charge in [-0.3, -0.25) is 14.8 Å². The van der Waals surface area contributed by atoms with Crippen LogP contribution >= 0.6 is 0 Å². The summed E-state index contributed by atoms with van der Waals surface area (Å²) in [6, 6.07) is 3.66. The molecule has 0 radical (unpaired) electrons. The monoisotopic (exact) mass is 368 g/mol. The maximum atomic E-state index is 5.32. The van der Waals surface area contributed by atoms with Gasteiger partial charge in [-0.2, -0.15) is 5.10 Å². The number of furan rings is 1. The lowest BCUT2D eigenvalue weighted by molar-refractivity contribution is 0.459. The van der Waals surface area contributed by atoms with Crippen molar-refractivity contribution in [3.8, 4) is 11.6 Å². The fraction of sp³-hybridized carbons (Fsp3) is 0.444. The number of rotatable bonds is 5. The Kier molecular flexibility index (Phi) is 4.91. The third kappa shape index (κ3) is 4.02. The van der Waals surface area contributed by atoms with Crippen molar-refractivity contribution in [2.75, 3.05) is 20.1 Å². The molecule has 9 nitrogen and oxygen atoms in total. The van der Waals surface area contributed by atoms with Crippen LogP contribution in [-0.4, -0.2) is 56.0 Å². The summed E-state index contributed by atoms with van der Waals surface area (Å²) in [6.45, 7) is 2.52. The third-order valence-corrected chi connectivity index (χ3v) is 4.77. The number of nitrogens with zero attached hydrogens (tertiary/aromatic N) is 6. The standard InChI is InChI=1S/C18H24N8O/c1-19-18(20-10-16-22-17(24-23-16)15-4-3-7-27-15)26-6-5-13(12-26)8-14-9-21-25(2)11-14/h3-4,7,9,11,13H,5-6,8,10,12H2,1-2H3,(H,19,20)(H,22,23,24). The minimum Gasteiger partial charge on any atom is -0.461 e. The molecule has 3 aromatic heterocycles. The molecule has 1 aliphatic heterocycles. The quantitative estimate of drug-likeness (QED) is 0.522. The SMILES string of the molecule is CN=C(NCc1nc(-c2ccco2)n[nH]1)N1CCC(Cc2cnn(C)c2)C1. The van der Waals surface area contributed by atoms with Crippen LogP contribution in [0.4, 0.5) is 0 Å². The molecule has 0 bridgehead atoms. The lowest BCUT2D eigenvalue weighted by Gasteiger charge is -2.21. The lowest BCUT2D eigenvalue weighted by atomic mass is 10.0. The summed E-state index contributed by atoms with van der Waals surface area (Å²) >= 11 is 0. The van der Waals surface area contributed by atoms with E-state index >= 15 is 0 Å². The van der Waals surface area contributed by atoms with Crippen LogP contribution in [0.15, 0.2) is 40.2 Å². The van der Waals surface area contributed by atoms with Crippen LogP contribution < -0.4 is 5.32 Å². The predicted molar refractivity (Wildman–Crippen MR) is 101 cm³/mol. The van der Waals surface area contributed by atoms with Gasteiger partial charge >= 0.3 is 0 Å². The highest BCUT2D eigenvalue weighted by Crippen LogP contribution is 2.21. The van der Waals surface area contributed by atoms with E-state index in [9.17, 15) is 0 Å². The fourth-order valence-corrected chi connectivity index (χ4v) is 3.49. The first-order chi connectivity index (χ1) is 13.2. The zero-order valence-electron chi connectivity index (χ0n) is 15.6. The van der Waals surface area contributed by atoms with Crippen LogP contribution in [0, 0.1) is 5.92 Å². The Balaban J connectivity index is 1.31. The average molecular weight is 368 g/mol. The van der Waals surface area contributed by atoms with Crippen LogP contribution in [0.3, 0.4) is 0 Å². The van der Waals surface area contributed by atoms with E-state index in [1.54, 1.807) is 6.26 Å². The zero-order valence-corrected chi connectivity index (χ0v) is 15.6. The number of aliphatic imine (C=N–C) groups is 1. The molecule has 4 heterocycles. The number of likely N-dealkylation sites (tertiary alicyclic amines) is 1. The van der Waals surface area contributed by atoms with Crippen molar-refractivity contribution in [2.24, 2.45) is 18.0 Å². The largest absolute Gasteiger partial charge is 0.461 e. The second-order valence-corrected chi connectivity index (χ2v) is 6.81. The van der Waals surface area contributed by atoms with Crippen molar-refractivity contribution in [1.82, 2.24) is 35.2 Å². The molecule has 4 rings (SSSR count). The summed E-state index contributed by atoms with van der Waals surface area (Å²) in [4.78, 5) is 11.2. The van der Waals surface area contributed by atoms with Gasteiger partial charge in [-0.25, -0.2) is 4.98 Å². The van der Waals surface area contributed by atoms with Gasteiger partial charge in [-0.15, -0.1) is 5.10 Å². The second kappa shape index (κ2) is 7.65. The van der Waals surface area contributed by atoms with E-state index in [1.807, 2.05) is 37.1 Å². The number of aromatic nitrogens is 5. The van der Waals surface area contributed by atoms with Crippen LogP contribution in [0.5, 0.6) is 0 Å². The van der Waals surface area contributed by atoms with E-state index in [0.717, 1.165) is 37.7 Å². The Morgan fingerprint density at radius 3 is 3.15 bits per heavy atom. The highest BCUT2D eigenvalue weighted by Gasteiger charge is 2.25. The molecular formula is C18H24N8O. The maximum absolute atomic E-state index is 5.32. The highest BCUT2D eigenvalue weighted by molar-refractivity contribution is 5.80. The Morgan fingerprint density at radius 2 is 2.41 bits per heavy atom. The molecule has 0 spiro atoms. The van der Waals surface area contributed by atoms with E-state index in [1.165, 1.54) is 5.56 Å². The molecule has 0 aromatic carbocycles. The summed E-state index contributed by atoms with van der Waals surface area (Å²) in [5.74, 6) is 3.46. The van der Waals surface area contributed by atoms with Crippen LogP contribution in [0.2, 0.25) is 0 Å². The molecule has 3 aromatic rings. The van der Waals surface area contributed by atoms with E-state index in [0.29, 0.717) is 24.0 Å². The molecule has 2 N–H and O–H groups in total. The van der Waals surface area contributed by atoms with Crippen molar-refractivity contribution in [2.45, 2.75) is 19.4 Å². The number of hydrogen-bond donors (Lipinski definition) is 2. The molecule has 1 atom stereocenters. The third-order valence-electron chi connectivity index (χ3n) is 4.77. The van der Waals surface area contributed by atoms with Gasteiger partial charge in [0.25, 0.3) is 0 Å². The van der Waals surface area contributed by atoms with Crippen LogP contribution in [-0.2, 0) is 20.0 Å². The summed E-state index contributed by atoms with van der Waals surface area (Å²) in [5, 5.41) is 14.8. The van der Waals surface area contributed by atoms with Crippen molar-refractivity contribution < 1.29 is 4.42 Å². The van der Waals surface area contributed by atoms with Crippen LogP contribution in [0.1, 0.15) is 17.8 Å². The van der Waals surface area contributed by atoms with Gasteiger partial charge in [0.05, 0.1) is 19.0 Å². The predicted octanol–water partition coefficient (Wildman–Crippen LogP) is 1.44. The Labute approximate surface area is 157 Å². The first kappa shape index (κ1) is 17.3. The van der Waals surface area contributed by atoms with E-state index in [2.05, 4.69) is 41.7 Å². The van der Waals surface area contributed by atoms with E-state index in [4.69, 9.17) is 4.42 Å². The van der Waals surface area contributed by atoms with E-state index in [-0.39, 0.29) is 0 Å². The van der Waals surface area contributed by atoms with Crippen molar-refractivity contribution in [3.05, 3.63) is 42.2 Å². The minimum absolute atomic E-state index is 0.532. The van der Waals surface area contributed by atoms with E-state index < -0.39 is 0 Å². The van der Waals surface area contributed by atoms with Gasteiger partial charge in [0.1, 0.15) is 5.82 Å². The lowest BCUT2D eigenvalue weighted by Crippen LogP contribution is -2.39. The molecule has 142 valence electrons. The first-order valence-corrected chi connectivity index (χ1v) is 9.09. The number of H-pyrrole nitrogens is 1. The average Bonchev–Trinajstić information content (AvgIpc) is 3.43. The van der Waals surface area contributed by atoms with Crippen molar-refractivity contribution in [3.63, 3.8) is 0 Å². The smallest absolute Gasteiger partial charge is 0.216 e. The molecule has 1 unspecified atom stereocenters. The molecule has 0 amide bonds. The summed E-state index contributed by atoms with van der Waals surface area (Å²) in [6.07, 6.45) is 7.86. The molecule has 1 fully saturated rings. The number of aryl methyl sites for hydroxylation is 1. The van der Waals surface area contributed by atoms with Gasteiger partial charge in [-0.1, -0.05) is 0 Å². The topological polar surface area (TPSA) is 100 Å². The Bertz CT molecular complexity index is 894. The molecular weight excluding hydrogens is 344 g/mol. The molecule has 0 aliphatic carbocycles. The number of guanidine groups is 1. The normalized spacial score (nSPS) is 17.6. The van der Waals surface area contributed by atoms with Gasteiger partial charge < -0.3 is 14.6 Å². The molecule has 9 heteroatoms. The van der Waals surface area contributed by atoms with Crippen molar-refractivity contribution in [1.29, 1.82) is 0 Å². The summed E-state index contributed by atoms with van der Waals surface area (Å²) in [7, 11) is 3.77. The van der Waals surface area contributed by atoms with Crippen molar-refractivity contribution >= 4 is 5.96 Å². The van der Waals surface area contributed by atoms with Gasteiger partial charge in [0.2, 0.25) is 5.82 Å². The van der Waals surface area contributed by atoms with Crippen LogP contribution in [0.25, 0.3) is 11.6 Å². The van der Waals surface area contributed by atoms with Gasteiger partial charge in [-0.05, 0) is 36.5 Å². The molecule has 0 saturated carbocycles. The highest BCUT2D eigenvalue weighted by atomic mass is 16.3. The summed E-state index contributed by atoms with van der Waals surface area (Å²) in [5.41, 5.74) is 1.29. The Hall–Kier alpha value is -3.10. The zero-order chi connectivity index (χ0) is 18.6. The first-order valence-electron chi connectivity index (χ1n) is 9.09. The molecule has 1 saturated heterocycles. The Morgan fingerprint density at radius 1 is 1.48 bits per heavy atom. The maximum Gasteiger partial charge on any atom is 0.216 e. The number of nitrogens with one attached hydrogen (secondary N) is 2. The van der Waals surface area contributed by atoms with Gasteiger partial charge in [0, 0.05) is 33.4 Å². The second-order valence-electron chi connectivity index (χ2n) is 6.81. The molecule has 27 heavy (non-hydrogen) atoms. The minimum atomic E-state index is 0.532. The fourth-order valence-electron chi connectivity index (χ4n) is 3.49. The number of aromatic amines is 1. The summed E-state index contributed by atoms with van der Waals surface area (Å²) < 4.78 is 7.18.